The van der Waals surface area contributed by atoms with Crippen LogP contribution in [0.5, 0.6) is 0 Å². The van der Waals surface area contributed by atoms with Crippen molar-refractivity contribution >= 4 is 5.91 Å². The molecule has 2 fully saturated rings. The normalized spacial score (nSPS) is 28.4. The number of hydrogen-bond donors (Lipinski definition) is 0. The molecule has 0 N–H and O–H groups in total. The van der Waals surface area contributed by atoms with Crippen LogP contribution in [0, 0.1) is 0 Å². The highest BCUT2D eigenvalue weighted by Crippen LogP contribution is 2.39. The molecule has 6 nitrogen and oxygen atoms in total. The van der Waals surface area contributed by atoms with Gasteiger partial charge in [-0.2, -0.15) is 0 Å². The average Bonchev–Trinajstić information content (AvgIpc) is 3.28. The van der Waals surface area contributed by atoms with E-state index in [0.29, 0.717) is 25.0 Å². The molecule has 116 valence electrons. The maximum atomic E-state index is 12.5. The summed E-state index contributed by atoms with van der Waals surface area (Å²) in [6, 6.07) is 3.77. The molecule has 0 radical (unpaired) electrons. The number of likely N-dealkylation sites (tertiary alicyclic amines) is 1. The van der Waals surface area contributed by atoms with Crippen LogP contribution >= 0.6 is 0 Å². The third-order valence-electron chi connectivity index (χ3n) is 4.69. The number of furan rings is 1. The summed E-state index contributed by atoms with van der Waals surface area (Å²) in [4.78, 5) is 18.4. The van der Waals surface area contributed by atoms with Crippen molar-refractivity contribution in [3.63, 3.8) is 0 Å². The minimum absolute atomic E-state index is 0.0428. The fraction of sp³-hybridized carbons (Fsp3) is 0.500. The van der Waals surface area contributed by atoms with Gasteiger partial charge in [0.25, 0.3) is 5.91 Å². The lowest BCUT2D eigenvalue weighted by Crippen LogP contribution is -2.50. The van der Waals surface area contributed by atoms with E-state index in [1.807, 2.05) is 17.4 Å². The molecule has 0 saturated carbocycles. The molecule has 1 spiro atoms. The Morgan fingerprint density at radius 2 is 2.41 bits per heavy atom. The lowest BCUT2D eigenvalue weighted by Gasteiger charge is -2.39. The second kappa shape index (κ2) is 5.28. The van der Waals surface area contributed by atoms with Gasteiger partial charge >= 0.3 is 0 Å². The zero-order chi connectivity index (χ0) is 15.0. The van der Waals surface area contributed by atoms with Gasteiger partial charge in [0.2, 0.25) is 0 Å². The van der Waals surface area contributed by atoms with Crippen LogP contribution in [-0.4, -0.2) is 45.7 Å². The molecule has 0 aliphatic carbocycles. The first kappa shape index (κ1) is 13.6. The number of ether oxygens (including phenoxy) is 1. The summed E-state index contributed by atoms with van der Waals surface area (Å²) in [7, 11) is 0. The summed E-state index contributed by atoms with van der Waals surface area (Å²) in [5.74, 6) is 0.361. The van der Waals surface area contributed by atoms with Gasteiger partial charge in [-0.15, -0.1) is 0 Å². The summed E-state index contributed by atoms with van der Waals surface area (Å²) >= 11 is 0. The van der Waals surface area contributed by atoms with Crippen LogP contribution in [0.25, 0.3) is 0 Å². The molecule has 2 aromatic rings. The van der Waals surface area contributed by atoms with Crippen molar-refractivity contribution in [1.82, 2.24) is 14.5 Å². The van der Waals surface area contributed by atoms with E-state index in [9.17, 15) is 4.79 Å². The van der Waals surface area contributed by atoms with Crippen molar-refractivity contribution in [2.24, 2.45) is 0 Å². The van der Waals surface area contributed by atoms with E-state index >= 15 is 0 Å². The molecule has 1 amide bonds. The number of hydrogen-bond acceptors (Lipinski definition) is 4. The number of aromatic nitrogens is 2. The van der Waals surface area contributed by atoms with Crippen LogP contribution in [-0.2, 0) is 4.74 Å². The monoisotopic (exact) mass is 301 g/mol. The maximum Gasteiger partial charge on any atom is 0.289 e. The zero-order valence-corrected chi connectivity index (χ0v) is 12.4. The Balaban J connectivity index is 1.48. The molecular formula is C16H19N3O3. The van der Waals surface area contributed by atoms with Crippen molar-refractivity contribution in [3.8, 4) is 0 Å². The van der Waals surface area contributed by atoms with Crippen LogP contribution in [0.4, 0.5) is 0 Å². The van der Waals surface area contributed by atoms with Crippen molar-refractivity contribution in [2.75, 3.05) is 19.7 Å². The average molecular weight is 301 g/mol. The van der Waals surface area contributed by atoms with Crippen LogP contribution in [0.15, 0.2) is 41.5 Å². The smallest absolute Gasteiger partial charge is 0.289 e. The molecular weight excluding hydrogens is 282 g/mol. The second-order valence-electron chi connectivity index (χ2n) is 6.17. The molecule has 22 heavy (non-hydrogen) atoms. The Kier molecular flexibility index (Phi) is 3.26. The van der Waals surface area contributed by atoms with E-state index in [-0.39, 0.29) is 11.5 Å². The molecule has 2 aromatic heterocycles. The van der Waals surface area contributed by atoms with Gasteiger partial charge in [-0.25, -0.2) is 4.98 Å². The van der Waals surface area contributed by atoms with E-state index < -0.39 is 0 Å². The number of amides is 1. The van der Waals surface area contributed by atoms with E-state index in [1.54, 1.807) is 18.3 Å². The third-order valence-corrected chi connectivity index (χ3v) is 4.69. The number of carbonyl (C=O) groups excluding carboxylic acids is 1. The first-order valence-corrected chi connectivity index (χ1v) is 7.70. The summed E-state index contributed by atoms with van der Waals surface area (Å²) in [5, 5.41) is 0. The number of carbonyl (C=O) groups is 1. The summed E-state index contributed by atoms with van der Waals surface area (Å²) in [6.45, 7) is 2.08. The Hall–Kier alpha value is -2.08. The van der Waals surface area contributed by atoms with Gasteiger partial charge in [0.1, 0.15) is 0 Å². The molecule has 6 heteroatoms. The summed E-state index contributed by atoms with van der Waals surface area (Å²) in [5.41, 5.74) is -0.227. The molecule has 0 unspecified atom stereocenters. The maximum absolute atomic E-state index is 12.5. The van der Waals surface area contributed by atoms with Gasteiger partial charge in [-0.1, -0.05) is 0 Å². The second-order valence-corrected chi connectivity index (χ2v) is 6.17. The Morgan fingerprint density at radius 3 is 3.18 bits per heavy atom. The van der Waals surface area contributed by atoms with Crippen LogP contribution in [0.1, 0.15) is 35.9 Å². The minimum Gasteiger partial charge on any atom is -0.459 e. The third kappa shape index (κ3) is 2.33. The van der Waals surface area contributed by atoms with Crippen molar-refractivity contribution in [3.05, 3.63) is 42.9 Å². The minimum atomic E-state index is -0.227. The molecule has 2 aliphatic rings. The van der Waals surface area contributed by atoms with Gasteiger partial charge in [0, 0.05) is 25.4 Å². The topological polar surface area (TPSA) is 60.5 Å². The fourth-order valence-corrected chi connectivity index (χ4v) is 3.61. The first-order valence-electron chi connectivity index (χ1n) is 7.70. The van der Waals surface area contributed by atoms with Crippen LogP contribution in [0.2, 0.25) is 0 Å². The lowest BCUT2D eigenvalue weighted by atomic mass is 9.88. The van der Waals surface area contributed by atoms with Crippen molar-refractivity contribution < 1.29 is 13.9 Å². The fourth-order valence-electron chi connectivity index (χ4n) is 3.61. The summed E-state index contributed by atoms with van der Waals surface area (Å²) < 4.78 is 13.5. The van der Waals surface area contributed by atoms with E-state index in [0.717, 1.165) is 25.8 Å². The highest BCUT2D eigenvalue weighted by atomic mass is 16.5. The van der Waals surface area contributed by atoms with Gasteiger partial charge in [-0.3, -0.25) is 4.79 Å². The Bertz CT molecular complexity index is 638. The largest absolute Gasteiger partial charge is 0.459 e. The van der Waals surface area contributed by atoms with Crippen LogP contribution < -0.4 is 0 Å². The van der Waals surface area contributed by atoms with Crippen LogP contribution in [0.3, 0.4) is 0 Å². The highest BCUT2D eigenvalue weighted by molar-refractivity contribution is 5.91. The van der Waals surface area contributed by atoms with E-state index in [1.165, 1.54) is 6.26 Å². The predicted molar refractivity (Wildman–Crippen MR) is 78.4 cm³/mol. The number of imidazole rings is 1. The molecule has 4 rings (SSSR count). The molecule has 2 saturated heterocycles. The van der Waals surface area contributed by atoms with Gasteiger partial charge in [0.05, 0.1) is 37.4 Å². The zero-order valence-electron chi connectivity index (χ0n) is 12.4. The molecule has 4 heterocycles. The molecule has 0 aromatic carbocycles. The number of piperidine rings is 1. The molecule has 2 atom stereocenters. The van der Waals surface area contributed by atoms with Crippen molar-refractivity contribution in [1.29, 1.82) is 0 Å². The van der Waals surface area contributed by atoms with Gasteiger partial charge < -0.3 is 18.6 Å². The standard InChI is InChI=1S/C16H19N3O3/c20-15(14-3-1-8-21-14)18-6-2-4-16(11-18)9-13(10-22-16)19-7-5-17-12-19/h1,3,5,7-8,12-13H,2,4,6,9-11H2/t13-,16-/m0/s1. The van der Waals surface area contributed by atoms with Gasteiger partial charge in [-0.05, 0) is 25.0 Å². The van der Waals surface area contributed by atoms with E-state index in [4.69, 9.17) is 9.15 Å². The Morgan fingerprint density at radius 1 is 1.45 bits per heavy atom. The van der Waals surface area contributed by atoms with E-state index in [2.05, 4.69) is 9.55 Å². The Labute approximate surface area is 128 Å². The molecule has 2 aliphatic heterocycles. The highest BCUT2D eigenvalue weighted by Gasteiger charge is 2.45. The number of rotatable bonds is 2. The molecule has 0 bridgehead atoms. The summed E-state index contributed by atoms with van der Waals surface area (Å²) in [6.07, 6.45) is 10.0. The first-order chi connectivity index (χ1) is 10.8. The lowest BCUT2D eigenvalue weighted by molar-refractivity contribution is -0.0454. The predicted octanol–water partition coefficient (Wildman–Crippen LogP) is 2.11. The van der Waals surface area contributed by atoms with Crippen molar-refractivity contribution in [2.45, 2.75) is 30.9 Å². The SMILES string of the molecule is O=C(c1ccco1)N1CCC[C@]2(C[C@H](n3ccnc3)CO2)C1. The van der Waals surface area contributed by atoms with Gasteiger partial charge in [0.15, 0.2) is 5.76 Å². The number of nitrogens with zero attached hydrogens (tertiary/aromatic N) is 3. The quantitative estimate of drug-likeness (QED) is 0.852.